The predicted molar refractivity (Wildman–Crippen MR) is 154 cm³/mol. The van der Waals surface area contributed by atoms with Crippen LogP contribution in [0.1, 0.15) is 11.1 Å². The smallest absolute Gasteiger partial charge is 0.265 e. The first-order valence-electron chi connectivity index (χ1n) is 11.6. The van der Waals surface area contributed by atoms with Gasteiger partial charge in [0.1, 0.15) is 11.1 Å². The SMILES string of the molecule is CN1C(=O)C(=Cc2ccc3cc4cc(C=C5C(=O)N(C)C(=S)N(C)C5=O)ccc4cc3c2)C(=O)N(C)C1=S. The molecule has 190 valence electrons. The summed E-state index contributed by atoms with van der Waals surface area (Å²) in [6.07, 6.45) is 3.16. The number of carbonyl (C=O) groups is 4. The van der Waals surface area contributed by atoms with Gasteiger partial charge in [-0.3, -0.25) is 38.8 Å². The van der Waals surface area contributed by atoms with Gasteiger partial charge < -0.3 is 0 Å². The van der Waals surface area contributed by atoms with Crippen LogP contribution in [-0.2, 0) is 19.2 Å². The van der Waals surface area contributed by atoms with Crippen LogP contribution < -0.4 is 0 Å². The zero-order chi connectivity index (χ0) is 27.5. The highest BCUT2D eigenvalue weighted by Gasteiger charge is 2.36. The quantitative estimate of drug-likeness (QED) is 0.214. The van der Waals surface area contributed by atoms with Crippen molar-refractivity contribution in [2.75, 3.05) is 28.2 Å². The molecule has 10 heteroatoms. The van der Waals surface area contributed by atoms with Gasteiger partial charge in [0.2, 0.25) is 0 Å². The Morgan fingerprint density at radius 3 is 1.13 bits per heavy atom. The lowest BCUT2D eigenvalue weighted by atomic mass is 9.98. The largest absolute Gasteiger partial charge is 0.288 e. The van der Waals surface area contributed by atoms with Crippen molar-refractivity contribution in [1.29, 1.82) is 0 Å². The Hall–Kier alpha value is -4.28. The standard InChI is InChI=1S/C28H22N4O4S2/c1-29-23(33)21(24(34)30(2)27(29)37)11-15-5-7-17-14-20-10-16(6-8-18(20)13-19(17)9-15)12-22-25(35)31(3)28(38)32(4)26(22)36/h5-14H,1-4H3. The van der Waals surface area contributed by atoms with Gasteiger partial charge >= 0.3 is 0 Å². The molecule has 2 heterocycles. The van der Waals surface area contributed by atoms with Gasteiger partial charge in [0.05, 0.1) is 0 Å². The Balaban J connectivity index is 1.51. The van der Waals surface area contributed by atoms with Crippen LogP contribution in [0.15, 0.2) is 59.7 Å². The molecule has 3 aromatic rings. The van der Waals surface area contributed by atoms with E-state index in [2.05, 4.69) is 0 Å². The average molecular weight is 543 g/mol. The summed E-state index contributed by atoms with van der Waals surface area (Å²) in [7, 11) is 6.18. The molecule has 8 nitrogen and oxygen atoms in total. The highest BCUT2D eigenvalue weighted by molar-refractivity contribution is 7.80. The first-order chi connectivity index (χ1) is 18.0. The Kier molecular flexibility index (Phi) is 6.16. The van der Waals surface area contributed by atoms with Crippen molar-refractivity contribution in [3.8, 4) is 0 Å². The van der Waals surface area contributed by atoms with Crippen molar-refractivity contribution < 1.29 is 19.2 Å². The lowest BCUT2D eigenvalue weighted by molar-refractivity contribution is -0.133. The zero-order valence-electron chi connectivity index (χ0n) is 21.0. The molecule has 0 bridgehead atoms. The highest BCUT2D eigenvalue weighted by atomic mass is 32.1. The maximum Gasteiger partial charge on any atom is 0.265 e. The third-order valence-corrected chi connectivity index (χ3v) is 7.85. The number of fused-ring (bicyclic) bond motifs is 2. The molecule has 0 atom stereocenters. The summed E-state index contributed by atoms with van der Waals surface area (Å²) in [5.41, 5.74) is 1.52. The van der Waals surface area contributed by atoms with Crippen molar-refractivity contribution >= 4 is 92.0 Å². The molecule has 0 radical (unpaired) electrons. The summed E-state index contributed by atoms with van der Waals surface area (Å²) in [4.78, 5) is 55.8. The minimum absolute atomic E-state index is 0.0466. The number of hydrogen-bond acceptors (Lipinski definition) is 6. The molecule has 5 rings (SSSR count). The number of hydrogen-bond donors (Lipinski definition) is 0. The van der Waals surface area contributed by atoms with Gasteiger partial charge in [0.25, 0.3) is 23.6 Å². The molecule has 2 aliphatic rings. The van der Waals surface area contributed by atoms with E-state index in [-0.39, 0.29) is 21.4 Å². The first kappa shape index (κ1) is 25.4. The zero-order valence-corrected chi connectivity index (χ0v) is 22.6. The third-order valence-electron chi connectivity index (χ3n) is 6.75. The topological polar surface area (TPSA) is 81.2 Å². The Bertz CT molecular complexity index is 1530. The molecule has 2 saturated heterocycles. The van der Waals surface area contributed by atoms with Crippen molar-refractivity contribution in [3.05, 3.63) is 70.8 Å². The fraction of sp³-hybridized carbons (Fsp3) is 0.143. The molecule has 0 spiro atoms. The van der Waals surface area contributed by atoms with E-state index in [4.69, 9.17) is 24.4 Å². The van der Waals surface area contributed by atoms with E-state index in [1.807, 2.05) is 48.5 Å². The van der Waals surface area contributed by atoms with E-state index in [1.54, 1.807) is 40.3 Å². The first-order valence-corrected chi connectivity index (χ1v) is 12.4. The van der Waals surface area contributed by atoms with Gasteiger partial charge in [0, 0.05) is 28.2 Å². The summed E-state index contributed by atoms with van der Waals surface area (Å²) < 4.78 is 0. The summed E-state index contributed by atoms with van der Waals surface area (Å²) in [5, 5.41) is 4.10. The van der Waals surface area contributed by atoms with E-state index in [0.717, 1.165) is 21.5 Å². The van der Waals surface area contributed by atoms with Crippen LogP contribution in [0.3, 0.4) is 0 Å². The van der Waals surface area contributed by atoms with E-state index < -0.39 is 23.6 Å². The number of benzene rings is 3. The van der Waals surface area contributed by atoms with Gasteiger partial charge in [-0.1, -0.05) is 24.3 Å². The van der Waals surface area contributed by atoms with E-state index >= 15 is 0 Å². The van der Waals surface area contributed by atoms with Crippen molar-refractivity contribution in [1.82, 2.24) is 19.6 Å². The number of carbonyl (C=O) groups excluding carboxylic acids is 4. The summed E-state index contributed by atoms with van der Waals surface area (Å²) in [5.74, 6) is -1.75. The minimum Gasteiger partial charge on any atom is -0.288 e. The maximum absolute atomic E-state index is 12.7. The molecule has 4 amide bonds. The van der Waals surface area contributed by atoms with Crippen LogP contribution in [0.4, 0.5) is 0 Å². The van der Waals surface area contributed by atoms with Gasteiger partial charge in [0.15, 0.2) is 10.2 Å². The van der Waals surface area contributed by atoms with Gasteiger partial charge in [-0.15, -0.1) is 0 Å². The average Bonchev–Trinajstić information content (AvgIpc) is 2.92. The molecule has 0 unspecified atom stereocenters. The van der Waals surface area contributed by atoms with Crippen molar-refractivity contribution in [3.63, 3.8) is 0 Å². The Morgan fingerprint density at radius 1 is 0.500 bits per heavy atom. The van der Waals surface area contributed by atoms with Crippen LogP contribution in [0, 0.1) is 0 Å². The second-order valence-electron chi connectivity index (χ2n) is 9.20. The van der Waals surface area contributed by atoms with Gasteiger partial charge in [-0.25, -0.2) is 0 Å². The minimum atomic E-state index is -0.438. The van der Waals surface area contributed by atoms with Crippen molar-refractivity contribution in [2.45, 2.75) is 0 Å². The number of likely N-dealkylation sites (N-methyl/N-ethyl adjacent to an activating group) is 4. The maximum atomic E-state index is 12.7. The second kappa shape index (κ2) is 9.23. The molecular formula is C28H22N4O4S2. The molecule has 0 saturated carbocycles. The van der Waals surface area contributed by atoms with E-state index in [0.29, 0.717) is 11.1 Å². The summed E-state index contributed by atoms with van der Waals surface area (Å²) >= 11 is 10.3. The normalized spacial score (nSPS) is 16.9. The van der Waals surface area contributed by atoms with Crippen molar-refractivity contribution in [2.24, 2.45) is 0 Å². The fourth-order valence-electron chi connectivity index (χ4n) is 4.50. The number of thiocarbonyl (C=S) groups is 2. The second-order valence-corrected chi connectivity index (χ2v) is 9.93. The van der Waals surface area contributed by atoms with E-state index in [1.165, 1.54) is 19.6 Å². The fourth-order valence-corrected chi connectivity index (χ4v) is 4.83. The molecule has 2 aliphatic heterocycles. The number of nitrogens with zero attached hydrogens (tertiary/aromatic N) is 4. The molecule has 38 heavy (non-hydrogen) atoms. The van der Waals surface area contributed by atoms with Crippen LogP contribution >= 0.6 is 24.4 Å². The number of amides is 4. The monoisotopic (exact) mass is 542 g/mol. The van der Waals surface area contributed by atoms with Gasteiger partial charge in [-0.05, 0) is 93.5 Å². The van der Waals surface area contributed by atoms with Crippen LogP contribution in [0.5, 0.6) is 0 Å². The Labute approximate surface area is 229 Å². The molecule has 0 aliphatic carbocycles. The molecule has 0 N–H and O–H groups in total. The Morgan fingerprint density at radius 2 is 0.816 bits per heavy atom. The number of rotatable bonds is 2. The lowest BCUT2D eigenvalue weighted by Crippen LogP contribution is -2.52. The predicted octanol–water partition coefficient (Wildman–Crippen LogP) is 3.19. The lowest BCUT2D eigenvalue weighted by Gasteiger charge is -2.31. The molecular weight excluding hydrogens is 520 g/mol. The van der Waals surface area contributed by atoms with Crippen LogP contribution in [0.25, 0.3) is 33.7 Å². The summed E-state index contributed by atoms with van der Waals surface area (Å²) in [6, 6.07) is 15.4. The summed E-state index contributed by atoms with van der Waals surface area (Å²) in [6.45, 7) is 0. The van der Waals surface area contributed by atoms with Crippen LogP contribution in [0.2, 0.25) is 0 Å². The highest BCUT2D eigenvalue weighted by Crippen LogP contribution is 2.28. The molecule has 2 fully saturated rings. The van der Waals surface area contributed by atoms with Crippen LogP contribution in [-0.4, -0.2) is 81.6 Å². The third kappa shape index (κ3) is 4.07. The van der Waals surface area contributed by atoms with Gasteiger partial charge in [-0.2, -0.15) is 0 Å². The molecule has 0 aromatic heterocycles. The van der Waals surface area contributed by atoms with E-state index in [9.17, 15) is 19.2 Å². The molecule has 3 aromatic carbocycles.